The molecule has 0 aromatic carbocycles. The second-order valence-electron chi connectivity index (χ2n) is 13.2. The predicted octanol–water partition coefficient (Wildman–Crippen LogP) is 12.2. The summed E-state index contributed by atoms with van der Waals surface area (Å²) >= 11 is 0. The van der Waals surface area contributed by atoms with Crippen LogP contribution in [-0.2, 0) is 21.7 Å². The Morgan fingerprint density at radius 3 is 1.34 bits per heavy atom. The minimum atomic E-state index is -1.25. The Balaban J connectivity index is 0.000000335. The van der Waals surface area contributed by atoms with Crippen LogP contribution in [0.1, 0.15) is 144 Å². The number of rotatable bonds is 7. The van der Waals surface area contributed by atoms with Crippen molar-refractivity contribution >= 4 is 7.05 Å². The van der Waals surface area contributed by atoms with Crippen molar-refractivity contribution in [1.82, 2.24) is 0 Å². The van der Waals surface area contributed by atoms with Gasteiger partial charge in [-0.05, 0) is 94.3 Å². The fraction of sp³-hybridized carbons (Fsp3) is 0.771. The zero-order valence-corrected chi connectivity index (χ0v) is 28.4. The fourth-order valence-electron chi connectivity index (χ4n) is 7.62. The van der Waals surface area contributed by atoms with E-state index in [0.29, 0.717) is 11.8 Å². The number of hydrogen-bond donors (Lipinski definition) is 0. The first kappa shape index (κ1) is 34.1. The smallest absolute Gasteiger partial charge is 0.0425 e. The molecule has 0 aromatic rings. The average molecular weight is 574 g/mol. The normalized spacial score (nSPS) is 22.7. The first-order chi connectivity index (χ1) is 17.8. The summed E-state index contributed by atoms with van der Waals surface area (Å²) in [5.41, 5.74) is 7.23. The monoisotopic (exact) mass is 573 g/mol. The molecule has 0 amide bonds. The summed E-state index contributed by atoms with van der Waals surface area (Å²) in [5.74, 6) is 1.31. The van der Waals surface area contributed by atoms with Crippen LogP contribution in [0, 0.1) is 11.8 Å². The first-order valence-corrected chi connectivity index (χ1v) is 18.1. The molecular weight excluding hydrogens is 513 g/mol. The molecule has 3 saturated carbocycles. The van der Waals surface area contributed by atoms with Crippen LogP contribution in [0.4, 0.5) is 0 Å². The molecule has 38 heavy (non-hydrogen) atoms. The van der Waals surface area contributed by atoms with E-state index in [9.17, 15) is 0 Å². The van der Waals surface area contributed by atoms with Crippen LogP contribution in [0.2, 0.25) is 0 Å². The molecule has 4 aliphatic rings. The summed E-state index contributed by atoms with van der Waals surface area (Å²) in [7, 11) is -1.25. The zero-order chi connectivity index (χ0) is 26.7. The van der Waals surface area contributed by atoms with Crippen molar-refractivity contribution in [1.29, 1.82) is 0 Å². The van der Waals surface area contributed by atoms with Crippen LogP contribution in [-0.4, -0.2) is 17.0 Å². The Hall–Kier alpha value is -0.0957. The van der Waals surface area contributed by atoms with E-state index in [4.69, 9.17) is 4.74 Å². The Morgan fingerprint density at radius 1 is 0.684 bits per heavy atom. The quantitative estimate of drug-likeness (QED) is 0.163. The Labute approximate surface area is 252 Å². The largest absolute Gasteiger partial charge is 0.271 e. The van der Waals surface area contributed by atoms with Gasteiger partial charge in [0, 0.05) is 33.8 Å². The Bertz CT molecular complexity index is 782. The van der Waals surface area contributed by atoms with Gasteiger partial charge in [-0.1, -0.05) is 121 Å². The summed E-state index contributed by atoms with van der Waals surface area (Å²) < 4.78 is 5.89. The maximum absolute atomic E-state index is 5.89. The van der Waals surface area contributed by atoms with Gasteiger partial charge in [-0.3, -0.25) is 4.74 Å². The van der Waals surface area contributed by atoms with E-state index >= 15 is 0 Å². The molecule has 0 unspecified atom stereocenters. The molecule has 4 rings (SSSR count). The summed E-state index contributed by atoms with van der Waals surface area (Å²) in [6, 6.07) is 0. The molecule has 0 heterocycles. The minimum Gasteiger partial charge on any atom is -0.271 e. The van der Waals surface area contributed by atoms with E-state index < -0.39 is 7.05 Å². The van der Waals surface area contributed by atoms with Crippen LogP contribution in [0.25, 0.3) is 0 Å². The van der Waals surface area contributed by atoms with Gasteiger partial charge in [0.15, 0.2) is 0 Å². The maximum Gasteiger partial charge on any atom is 0.0425 e. The van der Waals surface area contributed by atoms with E-state index in [1.165, 1.54) is 113 Å². The molecule has 0 bridgehead atoms. The van der Waals surface area contributed by atoms with Gasteiger partial charge >= 0.3 is 0 Å². The zero-order valence-electron chi connectivity index (χ0n) is 26.0. The molecule has 0 aromatic heterocycles. The topological polar surface area (TPSA) is 12.4 Å². The van der Waals surface area contributed by atoms with Crippen LogP contribution in [0.3, 0.4) is 0 Å². The molecule has 3 fully saturated rings. The van der Waals surface area contributed by atoms with Gasteiger partial charge in [0.05, 0.1) is 0 Å². The van der Waals surface area contributed by atoms with Crippen LogP contribution >= 0.6 is 7.05 Å². The van der Waals surface area contributed by atoms with Crippen molar-refractivity contribution in [2.24, 2.45) is 16.6 Å². The van der Waals surface area contributed by atoms with E-state index in [1.807, 2.05) is 0 Å². The van der Waals surface area contributed by atoms with E-state index in [2.05, 4.69) is 71.9 Å². The summed E-state index contributed by atoms with van der Waals surface area (Å²) in [6.45, 7) is 13.2. The number of hydrogen-bond acceptors (Lipinski definition) is 1. The maximum atomic E-state index is 5.89. The number of nitrogens with zero attached hydrogens (tertiary/aromatic N) is 1. The third-order valence-corrected chi connectivity index (χ3v) is 15.0. The van der Waals surface area contributed by atoms with Crippen molar-refractivity contribution in [2.75, 3.05) is 0 Å². The van der Waals surface area contributed by atoms with Gasteiger partial charge in [-0.15, -0.1) is 0 Å². The Kier molecular flexibility index (Phi) is 15.8. The van der Waals surface area contributed by atoms with E-state index in [1.54, 1.807) is 0 Å². The third-order valence-electron chi connectivity index (χ3n) is 9.32. The molecule has 3 heteroatoms. The standard InChI is InChI=1S/C23H38NP.C12H22.Ti/c1-4-14-21(15-5-1)25(22-16-6-2-7-17-22,23-18-8-3-9-19-23)24-20-12-10-11-13-20;1-9(2)7-11(5)12(6)8-10(3)4;/h10-12,21-23H,1-9,13-19H2;7-10H,1-6H3;. The molecule has 1 nitrogen and oxygen atoms in total. The summed E-state index contributed by atoms with van der Waals surface area (Å²) in [4.78, 5) is 0. The fourth-order valence-corrected chi connectivity index (χ4v) is 14.1. The minimum absolute atomic E-state index is 0. The third kappa shape index (κ3) is 10.1. The van der Waals surface area contributed by atoms with E-state index in [0.717, 1.165) is 23.4 Å². The van der Waals surface area contributed by atoms with Crippen LogP contribution < -0.4 is 0 Å². The van der Waals surface area contributed by atoms with E-state index in [-0.39, 0.29) is 21.7 Å². The second-order valence-corrected chi connectivity index (χ2v) is 17.2. The van der Waals surface area contributed by atoms with Crippen molar-refractivity contribution in [2.45, 2.75) is 161 Å². The summed E-state index contributed by atoms with van der Waals surface area (Å²) in [5, 5.41) is 0. The van der Waals surface area contributed by atoms with Gasteiger partial charge in [-0.25, -0.2) is 0 Å². The molecule has 4 aliphatic carbocycles. The van der Waals surface area contributed by atoms with Crippen molar-refractivity contribution < 1.29 is 21.7 Å². The van der Waals surface area contributed by atoms with Gasteiger partial charge < -0.3 is 0 Å². The SMILES string of the molecule is C1=CCC(N=P(C2CCCCC2)(C2CCCCC2)C2CCCCC2)=C1.CC(=CC(C)C)C(C)=CC(C)C.[Ti]. The second kappa shape index (κ2) is 17.7. The first-order valence-electron chi connectivity index (χ1n) is 16.2. The van der Waals surface area contributed by atoms with Crippen molar-refractivity contribution in [3.05, 3.63) is 47.2 Å². The van der Waals surface area contributed by atoms with Gasteiger partial charge in [0.2, 0.25) is 0 Å². The Morgan fingerprint density at radius 2 is 1.05 bits per heavy atom. The van der Waals surface area contributed by atoms with Gasteiger partial charge in [-0.2, -0.15) is 0 Å². The average Bonchev–Trinajstić information content (AvgIpc) is 3.41. The number of allylic oxidation sites excluding steroid dienone is 7. The van der Waals surface area contributed by atoms with Crippen LogP contribution in [0.5, 0.6) is 0 Å². The molecule has 0 aliphatic heterocycles. The molecule has 0 radical (unpaired) electrons. The van der Waals surface area contributed by atoms with Gasteiger partial charge in [0.25, 0.3) is 0 Å². The molecular formula is C35H60NPTi. The van der Waals surface area contributed by atoms with Crippen molar-refractivity contribution in [3.63, 3.8) is 0 Å². The van der Waals surface area contributed by atoms with Crippen molar-refractivity contribution in [3.8, 4) is 0 Å². The van der Waals surface area contributed by atoms with Gasteiger partial charge in [0.1, 0.15) is 0 Å². The molecule has 0 saturated heterocycles. The predicted molar refractivity (Wildman–Crippen MR) is 169 cm³/mol. The molecule has 0 spiro atoms. The summed E-state index contributed by atoms with van der Waals surface area (Å²) in [6.07, 6.45) is 35.1. The van der Waals surface area contributed by atoms with Crippen LogP contribution in [0.15, 0.2) is 52.0 Å². The molecule has 0 N–H and O–H groups in total. The molecule has 214 valence electrons. The molecule has 0 atom stereocenters.